The second kappa shape index (κ2) is 6.03. The first-order valence-corrected chi connectivity index (χ1v) is 7.67. The highest BCUT2D eigenvalue weighted by molar-refractivity contribution is 7.15. The molecule has 2 rings (SSSR count). The average molecular weight is 326 g/mol. The molecule has 0 saturated carbocycles. The monoisotopic (exact) mass is 325 g/mol. The van der Waals surface area contributed by atoms with Crippen LogP contribution in [0.15, 0.2) is 12.1 Å². The molecule has 1 aromatic heterocycles. The minimum atomic E-state index is -0.990. The molecule has 0 bridgehead atoms. The van der Waals surface area contributed by atoms with E-state index in [2.05, 4.69) is 4.98 Å². The lowest BCUT2D eigenvalue weighted by atomic mass is 10.0. The summed E-state index contributed by atoms with van der Waals surface area (Å²) in [6, 6.07) is 3.74. The van der Waals surface area contributed by atoms with Crippen molar-refractivity contribution in [2.75, 3.05) is 0 Å². The molecule has 0 aliphatic heterocycles. The standard InChI is InChI=1S/C15H16ClNO3S/c1-7(2)10-6-11(16)8(3)5-12(10)20-15-17-9(4)13(21-15)14(18)19/h5-7H,1-4H3,(H,18,19). The molecule has 0 radical (unpaired) electrons. The quantitative estimate of drug-likeness (QED) is 0.856. The Bertz CT molecular complexity index is 694. The third kappa shape index (κ3) is 3.36. The van der Waals surface area contributed by atoms with E-state index in [9.17, 15) is 4.79 Å². The molecule has 2 aromatic rings. The molecular formula is C15H16ClNO3S. The van der Waals surface area contributed by atoms with Crippen LogP contribution in [0.1, 0.15) is 46.3 Å². The van der Waals surface area contributed by atoms with Crippen LogP contribution in [0.5, 0.6) is 10.9 Å². The molecule has 1 N–H and O–H groups in total. The van der Waals surface area contributed by atoms with E-state index in [1.165, 1.54) is 0 Å². The molecule has 112 valence electrons. The van der Waals surface area contributed by atoms with Crippen LogP contribution in [0.2, 0.25) is 5.02 Å². The predicted octanol–water partition coefficient (Wildman–Crippen LogP) is 5.03. The molecule has 0 spiro atoms. The van der Waals surface area contributed by atoms with Gasteiger partial charge in [-0.2, -0.15) is 0 Å². The largest absolute Gasteiger partial charge is 0.477 e. The van der Waals surface area contributed by atoms with Crippen molar-refractivity contribution >= 4 is 28.9 Å². The van der Waals surface area contributed by atoms with Crippen molar-refractivity contribution in [3.63, 3.8) is 0 Å². The van der Waals surface area contributed by atoms with E-state index in [0.29, 0.717) is 21.7 Å². The predicted molar refractivity (Wildman–Crippen MR) is 84.2 cm³/mol. The summed E-state index contributed by atoms with van der Waals surface area (Å²) in [7, 11) is 0. The number of aromatic nitrogens is 1. The van der Waals surface area contributed by atoms with Gasteiger partial charge in [-0.1, -0.05) is 36.8 Å². The van der Waals surface area contributed by atoms with Crippen LogP contribution < -0.4 is 4.74 Å². The number of aryl methyl sites for hydroxylation is 2. The number of carboxylic acids is 1. The van der Waals surface area contributed by atoms with Crippen molar-refractivity contribution in [2.24, 2.45) is 0 Å². The molecule has 4 nitrogen and oxygen atoms in total. The summed E-state index contributed by atoms with van der Waals surface area (Å²) < 4.78 is 5.80. The maximum Gasteiger partial charge on any atom is 0.347 e. The highest BCUT2D eigenvalue weighted by Crippen LogP contribution is 2.36. The number of halogens is 1. The smallest absolute Gasteiger partial charge is 0.347 e. The summed E-state index contributed by atoms with van der Waals surface area (Å²) in [5.74, 6) is -0.0908. The van der Waals surface area contributed by atoms with Gasteiger partial charge in [0.2, 0.25) is 0 Å². The molecule has 21 heavy (non-hydrogen) atoms. The molecule has 0 fully saturated rings. The van der Waals surface area contributed by atoms with Gasteiger partial charge in [0.05, 0.1) is 5.69 Å². The van der Waals surface area contributed by atoms with Gasteiger partial charge in [0, 0.05) is 5.02 Å². The molecule has 1 aromatic carbocycles. The second-order valence-corrected chi connectivity index (χ2v) is 6.46. The molecular weight excluding hydrogens is 310 g/mol. The number of benzene rings is 1. The van der Waals surface area contributed by atoms with Crippen molar-refractivity contribution in [1.82, 2.24) is 4.98 Å². The van der Waals surface area contributed by atoms with Crippen molar-refractivity contribution in [3.05, 3.63) is 38.9 Å². The number of carboxylic acid groups (broad SMARTS) is 1. The Hall–Kier alpha value is -1.59. The van der Waals surface area contributed by atoms with Crippen LogP contribution in [-0.4, -0.2) is 16.1 Å². The van der Waals surface area contributed by atoms with Gasteiger partial charge in [-0.05, 0) is 43.0 Å². The van der Waals surface area contributed by atoms with E-state index in [0.717, 1.165) is 22.5 Å². The average Bonchev–Trinajstić information content (AvgIpc) is 2.74. The van der Waals surface area contributed by atoms with Crippen molar-refractivity contribution in [2.45, 2.75) is 33.6 Å². The summed E-state index contributed by atoms with van der Waals surface area (Å²) in [6.07, 6.45) is 0. The van der Waals surface area contributed by atoms with Crippen LogP contribution in [0.25, 0.3) is 0 Å². The Morgan fingerprint density at radius 1 is 1.38 bits per heavy atom. The van der Waals surface area contributed by atoms with Crippen molar-refractivity contribution in [1.29, 1.82) is 0 Å². The summed E-state index contributed by atoms with van der Waals surface area (Å²) >= 11 is 7.18. The van der Waals surface area contributed by atoms with E-state index in [1.54, 1.807) is 6.92 Å². The number of thiazole rings is 1. The third-order valence-electron chi connectivity index (χ3n) is 3.08. The third-order valence-corrected chi connectivity index (χ3v) is 4.51. The number of nitrogens with zero attached hydrogens (tertiary/aromatic N) is 1. The fraction of sp³-hybridized carbons (Fsp3) is 0.333. The molecule has 1 heterocycles. The minimum Gasteiger partial charge on any atom is -0.477 e. The highest BCUT2D eigenvalue weighted by atomic mass is 35.5. The van der Waals surface area contributed by atoms with Gasteiger partial charge in [-0.15, -0.1) is 0 Å². The van der Waals surface area contributed by atoms with Gasteiger partial charge < -0.3 is 9.84 Å². The summed E-state index contributed by atoms with van der Waals surface area (Å²) in [5.41, 5.74) is 2.33. The number of carbonyl (C=O) groups is 1. The first-order chi connectivity index (χ1) is 9.79. The number of hydrogen-bond acceptors (Lipinski definition) is 4. The van der Waals surface area contributed by atoms with Gasteiger partial charge in [-0.3, -0.25) is 0 Å². The Morgan fingerprint density at radius 2 is 2.05 bits per heavy atom. The number of aromatic carboxylic acids is 1. The molecule has 0 unspecified atom stereocenters. The first kappa shape index (κ1) is 15.8. The van der Waals surface area contributed by atoms with E-state index in [-0.39, 0.29) is 10.8 Å². The summed E-state index contributed by atoms with van der Waals surface area (Å²) in [6.45, 7) is 7.64. The fourth-order valence-corrected chi connectivity index (χ4v) is 2.86. The molecule has 0 aliphatic rings. The van der Waals surface area contributed by atoms with Gasteiger partial charge in [-0.25, -0.2) is 9.78 Å². The van der Waals surface area contributed by atoms with E-state index in [1.807, 2.05) is 32.9 Å². The van der Waals surface area contributed by atoms with Crippen LogP contribution in [0.3, 0.4) is 0 Å². The SMILES string of the molecule is Cc1cc(Oc2nc(C)c(C(=O)O)s2)c(C(C)C)cc1Cl. The highest BCUT2D eigenvalue weighted by Gasteiger charge is 2.18. The minimum absolute atomic E-state index is 0.196. The van der Waals surface area contributed by atoms with Crippen LogP contribution in [0.4, 0.5) is 0 Å². The number of rotatable bonds is 4. The van der Waals surface area contributed by atoms with Crippen LogP contribution >= 0.6 is 22.9 Å². The van der Waals surface area contributed by atoms with Gasteiger partial charge in [0.15, 0.2) is 0 Å². The van der Waals surface area contributed by atoms with E-state index in [4.69, 9.17) is 21.4 Å². The molecule has 6 heteroatoms. The zero-order chi connectivity index (χ0) is 15.7. The molecule has 0 atom stereocenters. The Kier molecular flexibility index (Phi) is 4.54. The number of ether oxygens (including phenoxy) is 1. The Balaban J connectivity index is 2.41. The van der Waals surface area contributed by atoms with Crippen molar-refractivity contribution < 1.29 is 14.6 Å². The van der Waals surface area contributed by atoms with Crippen LogP contribution in [0, 0.1) is 13.8 Å². The lowest BCUT2D eigenvalue weighted by molar-refractivity contribution is 0.0701. The maximum atomic E-state index is 11.1. The van der Waals surface area contributed by atoms with Crippen LogP contribution in [-0.2, 0) is 0 Å². The lowest BCUT2D eigenvalue weighted by Crippen LogP contribution is -1.95. The first-order valence-electron chi connectivity index (χ1n) is 6.48. The summed E-state index contributed by atoms with van der Waals surface area (Å²) in [5, 5.41) is 10.1. The Labute approximate surface area is 132 Å². The van der Waals surface area contributed by atoms with E-state index >= 15 is 0 Å². The van der Waals surface area contributed by atoms with Crippen molar-refractivity contribution in [3.8, 4) is 10.9 Å². The molecule has 0 aliphatic carbocycles. The molecule has 0 saturated heterocycles. The molecule has 0 amide bonds. The van der Waals surface area contributed by atoms with Gasteiger partial charge in [0.25, 0.3) is 5.19 Å². The lowest BCUT2D eigenvalue weighted by Gasteiger charge is -2.14. The summed E-state index contributed by atoms with van der Waals surface area (Å²) in [4.78, 5) is 15.4. The second-order valence-electron chi connectivity index (χ2n) is 5.10. The topological polar surface area (TPSA) is 59.4 Å². The fourth-order valence-electron chi connectivity index (χ4n) is 1.92. The van der Waals surface area contributed by atoms with E-state index < -0.39 is 5.97 Å². The Morgan fingerprint density at radius 3 is 2.57 bits per heavy atom. The maximum absolute atomic E-state index is 11.1. The number of hydrogen-bond donors (Lipinski definition) is 1. The normalized spacial score (nSPS) is 11.0. The zero-order valence-corrected chi connectivity index (χ0v) is 13.8. The van der Waals surface area contributed by atoms with Gasteiger partial charge >= 0.3 is 5.97 Å². The van der Waals surface area contributed by atoms with Gasteiger partial charge in [0.1, 0.15) is 10.6 Å². The zero-order valence-electron chi connectivity index (χ0n) is 12.2.